The summed E-state index contributed by atoms with van der Waals surface area (Å²) in [6.07, 6.45) is 0. The van der Waals surface area contributed by atoms with E-state index in [1.807, 2.05) is 63.2 Å². The van der Waals surface area contributed by atoms with Crippen molar-refractivity contribution < 1.29 is 14.7 Å². The second kappa shape index (κ2) is 8.05. The number of benzene rings is 3. The summed E-state index contributed by atoms with van der Waals surface area (Å²) in [6, 6.07) is 19.2. The number of hydrogen-bond acceptors (Lipinski definition) is 3. The molecule has 0 spiro atoms. The lowest BCUT2D eigenvalue weighted by Crippen LogP contribution is -2.30. The first kappa shape index (κ1) is 20.9. The Bertz CT molecular complexity index is 1230. The van der Waals surface area contributed by atoms with Gasteiger partial charge in [0, 0.05) is 16.3 Å². The van der Waals surface area contributed by atoms with Gasteiger partial charge in [0.05, 0.1) is 11.6 Å². The number of aliphatic hydroxyl groups excluding tert-OH is 1. The van der Waals surface area contributed by atoms with Crippen molar-refractivity contribution in [3.8, 4) is 0 Å². The van der Waals surface area contributed by atoms with E-state index in [1.54, 1.807) is 24.3 Å². The van der Waals surface area contributed by atoms with Gasteiger partial charge in [-0.15, -0.1) is 0 Å². The highest BCUT2D eigenvalue weighted by molar-refractivity contribution is 6.52. The van der Waals surface area contributed by atoms with Gasteiger partial charge in [0.1, 0.15) is 5.76 Å². The summed E-state index contributed by atoms with van der Waals surface area (Å²) in [5.41, 5.74) is 4.60. The van der Waals surface area contributed by atoms with Gasteiger partial charge in [0.15, 0.2) is 0 Å². The summed E-state index contributed by atoms with van der Waals surface area (Å²) >= 11 is 6.31. The zero-order valence-electron chi connectivity index (χ0n) is 17.5. The van der Waals surface area contributed by atoms with Crippen LogP contribution in [0.4, 0.5) is 5.69 Å². The number of Topliss-reactive ketones (excluding diaryl/α,β-unsaturated/α-hetero) is 1. The van der Waals surface area contributed by atoms with Gasteiger partial charge in [-0.25, -0.2) is 0 Å². The van der Waals surface area contributed by atoms with E-state index < -0.39 is 17.7 Å². The number of rotatable bonds is 3. The molecule has 4 nitrogen and oxygen atoms in total. The molecule has 1 saturated heterocycles. The van der Waals surface area contributed by atoms with Crippen LogP contribution < -0.4 is 4.90 Å². The van der Waals surface area contributed by atoms with Crippen molar-refractivity contribution >= 4 is 34.7 Å². The highest BCUT2D eigenvalue weighted by Gasteiger charge is 2.47. The maximum Gasteiger partial charge on any atom is 0.300 e. The lowest BCUT2D eigenvalue weighted by molar-refractivity contribution is -0.132. The van der Waals surface area contributed by atoms with Crippen LogP contribution >= 0.6 is 11.6 Å². The average molecular weight is 432 g/mol. The van der Waals surface area contributed by atoms with Crippen LogP contribution in [0, 0.1) is 20.8 Å². The van der Waals surface area contributed by atoms with Crippen LogP contribution in [0.25, 0.3) is 5.76 Å². The van der Waals surface area contributed by atoms with E-state index >= 15 is 0 Å². The van der Waals surface area contributed by atoms with Crippen LogP contribution in [0.5, 0.6) is 0 Å². The number of aryl methyl sites for hydroxylation is 2. The number of hydrogen-bond donors (Lipinski definition) is 1. The van der Waals surface area contributed by atoms with Crippen molar-refractivity contribution in [3.05, 3.63) is 105 Å². The number of aliphatic hydroxyl groups is 1. The van der Waals surface area contributed by atoms with Crippen LogP contribution in [0.3, 0.4) is 0 Å². The third-order valence-corrected chi connectivity index (χ3v) is 6.25. The second-order valence-corrected chi connectivity index (χ2v) is 8.17. The minimum atomic E-state index is -0.764. The zero-order chi connectivity index (χ0) is 22.3. The van der Waals surface area contributed by atoms with Gasteiger partial charge in [-0.2, -0.15) is 0 Å². The van der Waals surface area contributed by atoms with E-state index in [2.05, 4.69) is 0 Å². The molecule has 156 valence electrons. The lowest BCUT2D eigenvalue weighted by Gasteiger charge is -2.27. The molecule has 1 unspecified atom stereocenters. The van der Waals surface area contributed by atoms with E-state index in [9.17, 15) is 14.7 Å². The quantitative estimate of drug-likeness (QED) is 0.319. The molecular weight excluding hydrogens is 410 g/mol. The van der Waals surface area contributed by atoms with Crippen LogP contribution in [0.1, 0.15) is 33.9 Å². The maximum atomic E-state index is 13.2. The molecule has 1 aliphatic heterocycles. The van der Waals surface area contributed by atoms with Gasteiger partial charge in [0.25, 0.3) is 11.7 Å². The lowest BCUT2D eigenvalue weighted by atomic mass is 9.94. The summed E-state index contributed by atoms with van der Waals surface area (Å²) < 4.78 is 0. The molecule has 1 aliphatic rings. The highest BCUT2D eigenvalue weighted by Crippen LogP contribution is 2.43. The molecule has 3 aromatic carbocycles. The van der Waals surface area contributed by atoms with Crippen molar-refractivity contribution in [1.29, 1.82) is 0 Å². The van der Waals surface area contributed by atoms with Gasteiger partial charge in [-0.1, -0.05) is 60.1 Å². The van der Waals surface area contributed by atoms with Crippen LogP contribution in [-0.2, 0) is 9.59 Å². The van der Waals surface area contributed by atoms with E-state index in [-0.39, 0.29) is 11.3 Å². The molecule has 1 N–H and O–H groups in total. The molecule has 1 amide bonds. The highest BCUT2D eigenvalue weighted by atomic mass is 35.5. The molecule has 0 aliphatic carbocycles. The Balaban J connectivity index is 1.98. The smallest absolute Gasteiger partial charge is 0.300 e. The number of anilines is 1. The molecule has 4 rings (SSSR count). The number of halogens is 1. The Kier molecular flexibility index (Phi) is 5.42. The van der Waals surface area contributed by atoms with Gasteiger partial charge in [0.2, 0.25) is 0 Å². The number of carbonyl (C=O) groups is 2. The molecule has 0 aromatic heterocycles. The number of amides is 1. The normalized spacial score (nSPS) is 17.9. The molecule has 1 heterocycles. The Hall–Kier alpha value is -3.37. The van der Waals surface area contributed by atoms with Crippen molar-refractivity contribution in [2.45, 2.75) is 26.8 Å². The maximum absolute atomic E-state index is 13.2. The summed E-state index contributed by atoms with van der Waals surface area (Å²) in [7, 11) is 0. The van der Waals surface area contributed by atoms with Gasteiger partial charge in [-0.05, 0) is 61.2 Å². The summed E-state index contributed by atoms with van der Waals surface area (Å²) in [5.74, 6) is -1.59. The molecule has 1 atom stereocenters. The topological polar surface area (TPSA) is 57.6 Å². The Labute approximate surface area is 186 Å². The number of nitrogens with zero attached hydrogens (tertiary/aromatic N) is 1. The van der Waals surface area contributed by atoms with Crippen LogP contribution in [-0.4, -0.2) is 16.8 Å². The molecule has 1 fully saturated rings. The van der Waals surface area contributed by atoms with Crippen LogP contribution in [0.15, 0.2) is 72.3 Å². The van der Waals surface area contributed by atoms with Gasteiger partial charge in [-0.3, -0.25) is 14.5 Å². The van der Waals surface area contributed by atoms with E-state index in [4.69, 9.17) is 11.6 Å². The second-order valence-electron chi connectivity index (χ2n) is 7.76. The van der Waals surface area contributed by atoms with Gasteiger partial charge >= 0.3 is 0 Å². The minimum absolute atomic E-state index is 0.0684. The van der Waals surface area contributed by atoms with E-state index in [0.29, 0.717) is 21.8 Å². The fourth-order valence-corrected chi connectivity index (χ4v) is 4.10. The molecule has 5 heteroatoms. The predicted octanol–water partition coefficient (Wildman–Crippen LogP) is 5.89. The first-order valence-electron chi connectivity index (χ1n) is 10.00. The average Bonchev–Trinajstić information content (AvgIpc) is 3.03. The number of ketones is 1. The molecule has 0 radical (unpaired) electrons. The largest absolute Gasteiger partial charge is 0.507 e. The van der Waals surface area contributed by atoms with Crippen molar-refractivity contribution in [3.63, 3.8) is 0 Å². The van der Waals surface area contributed by atoms with Crippen LogP contribution in [0.2, 0.25) is 5.02 Å². The predicted molar refractivity (Wildman–Crippen MR) is 123 cm³/mol. The fraction of sp³-hybridized carbons (Fsp3) is 0.154. The molecule has 3 aromatic rings. The summed E-state index contributed by atoms with van der Waals surface area (Å²) in [5, 5.41) is 11.7. The fourth-order valence-electron chi connectivity index (χ4n) is 3.93. The Morgan fingerprint density at radius 3 is 2.29 bits per heavy atom. The van der Waals surface area contributed by atoms with Crippen molar-refractivity contribution in [2.75, 3.05) is 4.90 Å². The SMILES string of the molecule is Cc1ccc(/C(O)=C2\C(=O)C(=O)N(c3cccc(Cl)c3C)C2c2ccccc2)cc1C. The third kappa shape index (κ3) is 3.53. The molecule has 0 bridgehead atoms. The van der Waals surface area contributed by atoms with Crippen molar-refractivity contribution in [1.82, 2.24) is 0 Å². The number of carbonyl (C=O) groups excluding carboxylic acids is 2. The summed E-state index contributed by atoms with van der Waals surface area (Å²) in [4.78, 5) is 27.8. The molecule has 0 saturated carbocycles. The Morgan fingerprint density at radius 2 is 1.61 bits per heavy atom. The Morgan fingerprint density at radius 1 is 0.903 bits per heavy atom. The monoisotopic (exact) mass is 431 g/mol. The summed E-state index contributed by atoms with van der Waals surface area (Å²) in [6.45, 7) is 5.72. The molecular formula is C26H22ClNO3. The first-order chi connectivity index (χ1) is 14.8. The van der Waals surface area contributed by atoms with Crippen molar-refractivity contribution in [2.24, 2.45) is 0 Å². The first-order valence-corrected chi connectivity index (χ1v) is 10.4. The minimum Gasteiger partial charge on any atom is -0.507 e. The zero-order valence-corrected chi connectivity index (χ0v) is 18.3. The molecule has 31 heavy (non-hydrogen) atoms. The van der Waals surface area contributed by atoms with E-state index in [1.165, 1.54) is 4.90 Å². The van der Waals surface area contributed by atoms with E-state index in [0.717, 1.165) is 16.7 Å². The van der Waals surface area contributed by atoms with Gasteiger partial charge < -0.3 is 5.11 Å². The standard InChI is InChI=1S/C26H22ClNO3/c1-15-12-13-19(14-16(15)2)24(29)22-23(18-8-5-4-6-9-18)28(26(31)25(22)30)21-11-7-10-20(27)17(21)3/h4-14,23,29H,1-3H3/b24-22+. The third-order valence-electron chi connectivity index (χ3n) is 5.84.